The number of aryl methyl sites for hydroxylation is 1. The van der Waals surface area contributed by atoms with Crippen LogP contribution in [0.25, 0.3) is 11.1 Å². The van der Waals surface area contributed by atoms with Gasteiger partial charge < -0.3 is 14.3 Å². The van der Waals surface area contributed by atoms with Crippen molar-refractivity contribution in [3.8, 4) is 5.75 Å². The highest BCUT2D eigenvalue weighted by molar-refractivity contribution is 5.75. The first-order chi connectivity index (χ1) is 8.10. The van der Waals surface area contributed by atoms with Crippen molar-refractivity contribution < 1.29 is 19.1 Å². The van der Waals surface area contributed by atoms with Gasteiger partial charge in [-0.25, -0.2) is 9.78 Å². The summed E-state index contributed by atoms with van der Waals surface area (Å²) in [5.74, 6) is 0.117. The van der Waals surface area contributed by atoms with Gasteiger partial charge in [0.15, 0.2) is 17.6 Å². The largest absolute Gasteiger partial charge is 0.479 e. The Bertz CT molecular complexity index is 546. The zero-order valence-electron chi connectivity index (χ0n) is 9.64. The molecule has 2 rings (SSSR count). The summed E-state index contributed by atoms with van der Waals surface area (Å²) in [7, 11) is 0. The van der Waals surface area contributed by atoms with E-state index in [1.807, 2.05) is 6.92 Å². The van der Waals surface area contributed by atoms with Gasteiger partial charge in [-0.3, -0.25) is 0 Å². The fourth-order valence-electron chi connectivity index (χ4n) is 1.43. The molecule has 0 fully saturated rings. The third-order valence-electron chi connectivity index (χ3n) is 2.37. The van der Waals surface area contributed by atoms with Gasteiger partial charge in [0.05, 0.1) is 0 Å². The van der Waals surface area contributed by atoms with Crippen molar-refractivity contribution in [1.82, 2.24) is 4.98 Å². The van der Waals surface area contributed by atoms with Gasteiger partial charge in [-0.05, 0) is 19.1 Å². The molecule has 0 amide bonds. The highest BCUT2D eigenvalue weighted by Gasteiger charge is 2.13. The van der Waals surface area contributed by atoms with Crippen LogP contribution in [0.2, 0.25) is 0 Å². The van der Waals surface area contributed by atoms with Gasteiger partial charge in [0.25, 0.3) is 0 Å². The third kappa shape index (κ3) is 2.38. The average Bonchev–Trinajstić information content (AvgIpc) is 2.70. The molecule has 0 aliphatic carbocycles. The minimum Gasteiger partial charge on any atom is -0.479 e. The van der Waals surface area contributed by atoms with Crippen molar-refractivity contribution in [1.29, 1.82) is 0 Å². The number of carboxylic acid groups (broad SMARTS) is 1. The van der Waals surface area contributed by atoms with E-state index in [9.17, 15) is 4.79 Å². The Morgan fingerprint density at radius 3 is 3.00 bits per heavy atom. The number of aromatic nitrogens is 1. The Labute approximate surface area is 98.0 Å². The van der Waals surface area contributed by atoms with Gasteiger partial charge in [0.2, 0.25) is 0 Å². The second-order valence-electron chi connectivity index (χ2n) is 3.69. The summed E-state index contributed by atoms with van der Waals surface area (Å²) < 4.78 is 10.7. The number of carbonyl (C=O) groups is 1. The Morgan fingerprint density at radius 1 is 1.59 bits per heavy atom. The van der Waals surface area contributed by atoms with Crippen molar-refractivity contribution in [2.75, 3.05) is 0 Å². The molecule has 0 radical (unpaired) electrons. The smallest absolute Gasteiger partial charge is 0.344 e. The number of benzene rings is 1. The summed E-state index contributed by atoms with van der Waals surface area (Å²) in [6.07, 6.45) is -0.169. The zero-order chi connectivity index (χ0) is 12.4. The standard InChI is InChI=1S/C12H13NO4/c1-3-11-13-9-5-4-8(6-10(9)17-11)16-7(2)12(14)15/h4-7H,3H2,1-2H3,(H,14,15). The normalized spacial score (nSPS) is 12.6. The summed E-state index contributed by atoms with van der Waals surface area (Å²) in [5.41, 5.74) is 1.36. The molecular weight excluding hydrogens is 222 g/mol. The fourth-order valence-corrected chi connectivity index (χ4v) is 1.43. The van der Waals surface area contributed by atoms with Gasteiger partial charge in [-0.2, -0.15) is 0 Å². The van der Waals surface area contributed by atoms with Crippen LogP contribution < -0.4 is 4.74 Å². The molecule has 0 aliphatic rings. The summed E-state index contributed by atoms with van der Waals surface area (Å²) in [6.45, 7) is 3.43. The van der Waals surface area contributed by atoms with Crippen LogP contribution in [-0.4, -0.2) is 22.2 Å². The lowest BCUT2D eigenvalue weighted by Gasteiger charge is -2.09. The van der Waals surface area contributed by atoms with Gasteiger partial charge in [-0.1, -0.05) is 6.92 Å². The zero-order valence-corrected chi connectivity index (χ0v) is 9.64. The number of carboxylic acids is 1. The maximum absolute atomic E-state index is 10.7. The van der Waals surface area contributed by atoms with Crippen LogP contribution in [0.15, 0.2) is 22.6 Å². The molecule has 0 spiro atoms. The Kier molecular flexibility index (Phi) is 2.99. The Balaban J connectivity index is 2.27. The number of hydrogen-bond donors (Lipinski definition) is 1. The lowest BCUT2D eigenvalue weighted by atomic mass is 10.3. The molecule has 1 heterocycles. The van der Waals surface area contributed by atoms with E-state index in [0.29, 0.717) is 17.2 Å². The van der Waals surface area contributed by atoms with Gasteiger partial charge in [0, 0.05) is 12.5 Å². The average molecular weight is 235 g/mol. The molecule has 1 unspecified atom stereocenters. The Hall–Kier alpha value is -2.04. The van der Waals surface area contributed by atoms with E-state index in [-0.39, 0.29) is 0 Å². The first kappa shape index (κ1) is 11.4. The van der Waals surface area contributed by atoms with Crippen LogP contribution in [0.4, 0.5) is 0 Å². The van der Waals surface area contributed by atoms with Crippen molar-refractivity contribution in [2.24, 2.45) is 0 Å². The topological polar surface area (TPSA) is 72.6 Å². The highest BCUT2D eigenvalue weighted by atomic mass is 16.5. The molecule has 1 aromatic carbocycles. The van der Waals surface area contributed by atoms with Crippen molar-refractivity contribution in [2.45, 2.75) is 26.4 Å². The SMILES string of the molecule is CCc1nc2ccc(OC(C)C(=O)O)cc2o1. The number of aliphatic carboxylic acids is 1. The predicted molar refractivity (Wildman–Crippen MR) is 61.1 cm³/mol. The van der Waals surface area contributed by atoms with E-state index in [1.54, 1.807) is 18.2 Å². The summed E-state index contributed by atoms with van der Waals surface area (Å²) in [6, 6.07) is 5.09. The molecular formula is C12H13NO4. The van der Waals surface area contributed by atoms with Crippen LogP contribution in [0.3, 0.4) is 0 Å². The summed E-state index contributed by atoms with van der Waals surface area (Å²) in [5, 5.41) is 8.74. The van der Waals surface area contributed by atoms with E-state index in [0.717, 1.165) is 11.9 Å². The van der Waals surface area contributed by atoms with E-state index < -0.39 is 12.1 Å². The lowest BCUT2D eigenvalue weighted by Crippen LogP contribution is -2.22. The van der Waals surface area contributed by atoms with E-state index in [2.05, 4.69) is 4.98 Å². The number of ether oxygens (including phenoxy) is 1. The molecule has 5 heteroatoms. The fraction of sp³-hybridized carbons (Fsp3) is 0.333. The second kappa shape index (κ2) is 4.45. The van der Waals surface area contributed by atoms with Crippen molar-refractivity contribution in [3.05, 3.63) is 24.1 Å². The minimum absolute atomic E-state index is 0.464. The van der Waals surface area contributed by atoms with Gasteiger partial charge in [-0.15, -0.1) is 0 Å². The van der Waals surface area contributed by atoms with Crippen LogP contribution in [-0.2, 0) is 11.2 Å². The predicted octanol–water partition coefficient (Wildman–Crippen LogP) is 2.24. The number of hydrogen-bond acceptors (Lipinski definition) is 4. The number of rotatable bonds is 4. The van der Waals surface area contributed by atoms with Gasteiger partial charge in [0.1, 0.15) is 11.3 Å². The molecule has 1 aromatic heterocycles. The van der Waals surface area contributed by atoms with Crippen LogP contribution in [0.1, 0.15) is 19.7 Å². The van der Waals surface area contributed by atoms with Crippen molar-refractivity contribution in [3.63, 3.8) is 0 Å². The number of nitrogens with zero attached hydrogens (tertiary/aromatic N) is 1. The third-order valence-corrected chi connectivity index (χ3v) is 2.37. The van der Waals surface area contributed by atoms with Crippen LogP contribution >= 0.6 is 0 Å². The number of fused-ring (bicyclic) bond motifs is 1. The molecule has 17 heavy (non-hydrogen) atoms. The molecule has 0 bridgehead atoms. The molecule has 2 aromatic rings. The molecule has 0 aliphatic heterocycles. The van der Waals surface area contributed by atoms with E-state index >= 15 is 0 Å². The first-order valence-electron chi connectivity index (χ1n) is 5.39. The monoisotopic (exact) mass is 235 g/mol. The molecule has 5 nitrogen and oxygen atoms in total. The summed E-state index contributed by atoms with van der Waals surface area (Å²) >= 11 is 0. The lowest BCUT2D eigenvalue weighted by molar-refractivity contribution is -0.144. The molecule has 90 valence electrons. The first-order valence-corrected chi connectivity index (χ1v) is 5.39. The van der Waals surface area contributed by atoms with Crippen molar-refractivity contribution >= 4 is 17.1 Å². The van der Waals surface area contributed by atoms with Crippen LogP contribution in [0.5, 0.6) is 5.75 Å². The summed E-state index contributed by atoms with van der Waals surface area (Å²) in [4.78, 5) is 14.9. The van der Waals surface area contributed by atoms with E-state index in [4.69, 9.17) is 14.3 Å². The maximum atomic E-state index is 10.7. The van der Waals surface area contributed by atoms with Crippen LogP contribution in [0, 0.1) is 0 Å². The number of oxazole rings is 1. The highest BCUT2D eigenvalue weighted by Crippen LogP contribution is 2.22. The molecule has 1 atom stereocenters. The maximum Gasteiger partial charge on any atom is 0.344 e. The molecule has 0 saturated heterocycles. The van der Waals surface area contributed by atoms with Gasteiger partial charge >= 0.3 is 5.97 Å². The minimum atomic E-state index is -1.00. The second-order valence-corrected chi connectivity index (χ2v) is 3.69. The van der Waals surface area contributed by atoms with E-state index in [1.165, 1.54) is 6.92 Å². The molecule has 0 saturated carbocycles. The quantitative estimate of drug-likeness (QED) is 0.879. The molecule has 1 N–H and O–H groups in total. The Morgan fingerprint density at radius 2 is 2.35 bits per heavy atom.